The first-order valence-corrected chi connectivity index (χ1v) is 13.8. The summed E-state index contributed by atoms with van der Waals surface area (Å²) in [6.07, 6.45) is 6.24. The minimum Gasteiger partial charge on any atom is -0.377 e. The number of nitrogens with zero attached hydrogens (tertiary/aromatic N) is 2. The number of carbonyl (C=O) groups excluding carboxylic acids is 2. The molecule has 2 amide bonds. The van der Waals surface area contributed by atoms with Gasteiger partial charge < -0.3 is 19.9 Å². The van der Waals surface area contributed by atoms with Gasteiger partial charge in [0.2, 0.25) is 0 Å². The lowest BCUT2D eigenvalue weighted by atomic mass is 9.88. The first-order chi connectivity index (χ1) is 17.3. The van der Waals surface area contributed by atoms with Crippen LogP contribution in [0.15, 0.2) is 18.2 Å². The molecule has 2 fully saturated rings. The molecule has 1 saturated heterocycles. The van der Waals surface area contributed by atoms with Crippen LogP contribution in [-0.4, -0.2) is 46.2 Å². The topological polar surface area (TPSA) is 85.2 Å². The fraction of sp³-hybridized carbons (Fsp3) is 0.633. The quantitative estimate of drug-likeness (QED) is 0.548. The van der Waals surface area contributed by atoms with Gasteiger partial charge in [-0.1, -0.05) is 40.0 Å². The molecular weight excluding hydrogens is 464 g/mol. The van der Waals surface area contributed by atoms with Crippen molar-refractivity contribution in [1.82, 2.24) is 20.2 Å². The first-order valence-electron chi connectivity index (χ1n) is 13.8. The van der Waals surface area contributed by atoms with Gasteiger partial charge in [-0.05, 0) is 64.7 Å². The molecule has 2 aromatic heterocycles. The van der Waals surface area contributed by atoms with Gasteiger partial charge in [0.25, 0.3) is 11.8 Å². The van der Waals surface area contributed by atoms with Crippen LogP contribution < -0.4 is 10.6 Å². The normalized spacial score (nSPS) is 17.4. The molecule has 1 aliphatic heterocycles. The summed E-state index contributed by atoms with van der Waals surface area (Å²) >= 11 is 0. The molecule has 0 unspecified atom stereocenters. The Kier molecular flexibility index (Phi) is 7.84. The van der Waals surface area contributed by atoms with Crippen LogP contribution in [0.2, 0.25) is 0 Å². The lowest BCUT2D eigenvalue weighted by Crippen LogP contribution is -2.48. The molecule has 0 aromatic carbocycles. The molecule has 7 nitrogen and oxygen atoms in total. The Morgan fingerprint density at radius 2 is 1.68 bits per heavy atom. The molecule has 37 heavy (non-hydrogen) atoms. The standard InChI is InChI=1S/C30H44N4O3/c1-19-23(27(35)31-22-17-37-18-22)15-25(34(19)16-20-11-9-8-10-12-20)21-13-24(28(36)33-30(5,6)7)32-26(14-21)29(2,3)4/h13-15,20,22H,8-12,16-18H2,1-7H3,(H,31,35)(H,33,36). The number of pyridine rings is 1. The highest BCUT2D eigenvalue weighted by Gasteiger charge is 2.28. The number of hydrogen-bond donors (Lipinski definition) is 2. The molecule has 3 heterocycles. The maximum absolute atomic E-state index is 13.3. The van der Waals surface area contributed by atoms with Crippen LogP contribution in [0.25, 0.3) is 11.3 Å². The Balaban J connectivity index is 1.80. The third-order valence-corrected chi connectivity index (χ3v) is 7.36. The van der Waals surface area contributed by atoms with Gasteiger partial charge in [0.1, 0.15) is 5.69 Å². The monoisotopic (exact) mass is 508 g/mol. The average molecular weight is 509 g/mol. The van der Waals surface area contributed by atoms with Crippen LogP contribution in [0.3, 0.4) is 0 Å². The summed E-state index contributed by atoms with van der Waals surface area (Å²) in [7, 11) is 0. The minimum atomic E-state index is -0.370. The zero-order valence-electron chi connectivity index (χ0n) is 23.7. The lowest BCUT2D eigenvalue weighted by Gasteiger charge is -2.27. The summed E-state index contributed by atoms with van der Waals surface area (Å²) in [6, 6.07) is 6.03. The van der Waals surface area contributed by atoms with Gasteiger partial charge in [-0.2, -0.15) is 0 Å². The van der Waals surface area contributed by atoms with Gasteiger partial charge in [0.15, 0.2) is 0 Å². The van der Waals surface area contributed by atoms with Crippen LogP contribution in [-0.2, 0) is 16.7 Å². The second kappa shape index (κ2) is 10.6. The summed E-state index contributed by atoms with van der Waals surface area (Å²) < 4.78 is 7.55. The molecule has 1 saturated carbocycles. The maximum Gasteiger partial charge on any atom is 0.270 e. The van der Waals surface area contributed by atoms with Gasteiger partial charge in [-0.3, -0.25) is 9.59 Å². The van der Waals surface area contributed by atoms with E-state index in [9.17, 15) is 9.59 Å². The molecule has 4 rings (SSSR count). The Hall–Kier alpha value is -2.67. The summed E-state index contributed by atoms with van der Waals surface area (Å²) in [5.41, 5.74) is 4.18. The molecule has 2 aromatic rings. The minimum absolute atomic E-state index is 0.0646. The highest BCUT2D eigenvalue weighted by atomic mass is 16.5. The van der Waals surface area contributed by atoms with E-state index in [1.165, 1.54) is 32.1 Å². The SMILES string of the molecule is Cc1c(C(=O)NC2COC2)cc(-c2cc(C(=O)NC(C)(C)C)nc(C(C)(C)C)c2)n1CC1CCCCC1. The van der Waals surface area contributed by atoms with Gasteiger partial charge in [0.05, 0.1) is 24.8 Å². The van der Waals surface area contributed by atoms with E-state index in [1.807, 2.05) is 39.8 Å². The number of nitrogens with one attached hydrogen (secondary N) is 2. The van der Waals surface area contributed by atoms with Crippen LogP contribution >= 0.6 is 0 Å². The van der Waals surface area contributed by atoms with Gasteiger partial charge >= 0.3 is 0 Å². The predicted molar refractivity (Wildman–Crippen MR) is 147 cm³/mol. The highest BCUT2D eigenvalue weighted by molar-refractivity contribution is 5.98. The predicted octanol–water partition coefficient (Wildman–Crippen LogP) is 5.39. The van der Waals surface area contributed by atoms with Crippen molar-refractivity contribution in [3.05, 3.63) is 40.8 Å². The van der Waals surface area contributed by atoms with Crippen molar-refractivity contribution < 1.29 is 14.3 Å². The number of carbonyl (C=O) groups is 2. The average Bonchev–Trinajstić information content (AvgIpc) is 3.11. The number of ether oxygens (including phenoxy) is 1. The van der Waals surface area contributed by atoms with Gasteiger partial charge in [-0.25, -0.2) is 4.98 Å². The summed E-state index contributed by atoms with van der Waals surface area (Å²) in [4.78, 5) is 31.2. The zero-order chi connectivity index (χ0) is 27.0. The van der Waals surface area contributed by atoms with E-state index >= 15 is 0 Å². The Morgan fingerprint density at radius 1 is 1.00 bits per heavy atom. The van der Waals surface area contributed by atoms with Crippen molar-refractivity contribution in [1.29, 1.82) is 0 Å². The number of hydrogen-bond acceptors (Lipinski definition) is 4. The van der Waals surface area contributed by atoms with E-state index in [0.717, 1.165) is 29.2 Å². The molecule has 7 heteroatoms. The van der Waals surface area contributed by atoms with Crippen molar-refractivity contribution in [3.63, 3.8) is 0 Å². The van der Waals surface area contributed by atoms with E-state index in [-0.39, 0.29) is 28.8 Å². The third kappa shape index (κ3) is 6.61. The van der Waals surface area contributed by atoms with E-state index in [2.05, 4.69) is 42.0 Å². The molecule has 0 spiro atoms. The summed E-state index contributed by atoms with van der Waals surface area (Å²) in [6.45, 7) is 16.3. The van der Waals surface area contributed by atoms with Crippen molar-refractivity contribution >= 4 is 11.8 Å². The molecule has 0 radical (unpaired) electrons. The highest BCUT2D eigenvalue weighted by Crippen LogP contribution is 2.33. The van der Waals surface area contributed by atoms with Crippen LogP contribution in [0.1, 0.15) is 106 Å². The van der Waals surface area contributed by atoms with Crippen LogP contribution in [0.5, 0.6) is 0 Å². The summed E-state index contributed by atoms with van der Waals surface area (Å²) in [5, 5.41) is 6.16. The number of aromatic nitrogens is 2. The smallest absolute Gasteiger partial charge is 0.270 e. The van der Waals surface area contributed by atoms with E-state index in [0.29, 0.717) is 30.4 Å². The fourth-order valence-electron chi connectivity index (χ4n) is 5.14. The Morgan fingerprint density at radius 3 is 2.24 bits per heavy atom. The molecule has 0 atom stereocenters. The van der Waals surface area contributed by atoms with Crippen molar-refractivity contribution in [2.75, 3.05) is 13.2 Å². The van der Waals surface area contributed by atoms with Gasteiger partial charge in [-0.15, -0.1) is 0 Å². The first kappa shape index (κ1) is 27.4. The number of rotatable bonds is 6. The van der Waals surface area contributed by atoms with Crippen LogP contribution in [0.4, 0.5) is 0 Å². The van der Waals surface area contributed by atoms with E-state index in [1.54, 1.807) is 0 Å². The molecule has 202 valence electrons. The molecule has 2 N–H and O–H groups in total. The number of amides is 2. The van der Waals surface area contributed by atoms with Crippen molar-refractivity contribution in [2.24, 2.45) is 5.92 Å². The molecule has 1 aliphatic carbocycles. The Labute approximate surface area is 221 Å². The molecular formula is C30H44N4O3. The molecule has 0 bridgehead atoms. The summed E-state index contributed by atoms with van der Waals surface area (Å²) in [5.74, 6) is 0.331. The van der Waals surface area contributed by atoms with E-state index < -0.39 is 0 Å². The van der Waals surface area contributed by atoms with Crippen molar-refractivity contribution in [3.8, 4) is 11.3 Å². The second-order valence-corrected chi connectivity index (χ2v) is 12.9. The zero-order valence-corrected chi connectivity index (χ0v) is 23.7. The molecule has 2 aliphatic rings. The van der Waals surface area contributed by atoms with Gasteiger partial charge in [0, 0.05) is 40.1 Å². The largest absolute Gasteiger partial charge is 0.377 e. The third-order valence-electron chi connectivity index (χ3n) is 7.36. The van der Waals surface area contributed by atoms with Crippen LogP contribution in [0, 0.1) is 12.8 Å². The fourth-order valence-corrected chi connectivity index (χ4v) is 5.14. The Bertz CT molecular complexity index is 1140. The van der Waals surface area contributed by atoms with E-state index in [4.69, 9.17) is 9.72 Å². The second-order valence-electron chi connectivity index (χ2n) is 12.9. The van der Waals surface area contributed by atoms with Crippen molar-refractivity contribution in [2.45, 2.75) is 104 Å². The lowest BCUT2D eigenvalue weighted by molar-refractivity contribution is -0.00347. The maximum atomic E-state index is 13.3.